The fourth-order valence-corrected chi connectivity index (χ4v) is 5.10. The lowest BCUT2D eigenvalue weighted by molar-refractivity contribution is 0.0670. The molecule has 6 rings (SSSR count). The van der Waals surface area contributed by atoms with E-state index in [-0.39, 0.29) is 16.9 Å². The van der Waals surface area contributed by atoms with E-state index in [1.807, 2.05) is 36.2 Å². The van der Waals surface area contributed by atoms with Crippen molar-refractivity contribution in [2.75, 3.05) is 19.7 Å². The third-order valence-corrected chi connectivity index (χ3v) is 6.81. The Labute approximate surface area is 173 Å². The Hall–Kier alpha value is -3.35. The van der Waals surface area contributed by atoms with E-state index >= 15 is 0 Å². The molecule has 3 aliphatic rings. The molecule has 2 aliphatic heterocycles. The highest BCUT2D eigenvalue weighted by atomic mass is 16.5. The minimum absolute atomic E-state index is 0.0127. The monoisotopic (exact) mass is 402 g/mol. The number of amides is 1. The van der Waals surface area contributed by atoms with E-state index in [1.165, 1.54) is 5.56 Å². The summed E-state index contributed by atoms with van der Waals surface area (Å²) < 4.78 is 9.21. The van der Waals surface area contributed by atoms with Crippen LogP contribution in [-0.4, -0.2) is 44.6 Å². The Morgan fingerprint density at radius 3 is 2.87 bits per heavy atom. The molecule has 1 aliphatic carbocycles. The highest BCUT2D eigenvalue weighted by Crippen LogP contribution is 2.59. The van der Waals surface area contributed by atoms with E-state index in [2.05, 4.69) is 11.1 Å². The Morgan fingerprint density at radius 2 is 2.03 bits per heavy atom. The van der Waals surface area contributed by atoms with Gasteiger partial charge in [0.15, 0.2) is 0 Å². The maximum Gasteiger partial charge on any atom is 0.275 e. The van der Waals surface area contributed by atoms with Gasteiger partial charge in [-0.15, -0.1) is 0 Å². The predicted molar refractivity (Wildman–Crippen MR) is 110 cm³/mol. The van der Waals surface area contributed by atoms with Crippen LogP contribution in [0, 0.1) is 12.8 Å². The first-order valence-corrected chi connectivity index (χ1v) is 10.3. The number of fused-ring (bicyclic) bond motifs is 4. The van der Waals surface area contributed by atoms with Gasteiger partial charge >= 0.3 is 0 Å². The first-order chi connectivity index (χ1) is 14.6. The van der Waals surface area contributed by atoms with Crippen molar-refractivity contribution in [3.63, 3.8) is 0 Å². The Bertz CT molecular complexity index is 1240. The summed E-state index contributed by atoms with van der Waals surface area (Å²) in [6, 6.07) is 11.7. The number of pyridine rings is 1. The zero-order valence-electron chi connectivity index (χ0n) is 16.7. The molecular formula is C23H22N4O3. The quantitative estimate of drug-likeness (QED) is 0.673. The van der Waals surface area contributed by atoms with Crippen molar-refractivity contribution < 1.29 is 9.53 Å². The predicted octanol–water partition coefficient (Wildman–Crippen LogP) is 2.15. The lowest BCUT2D eigenvalue weighted by Crippen LogP contribution is -2.48. The van der Waals surface area contributed by atoms with Crippen molar-refractivity contribution in [2.24, 2.45) is 5.92 Å². The average Bonchev–Trinajstić information content (AvgIpc) is 3.33. The molecule has 4 heterocycles. The van der Waals surface area contributed by atoms with Crippen molar-refractivity contribution in [1.82, 2.24) is 19.0 Å². The summed E-state index contributed by atoms with van der Waals surface area (Å²) in [5.41, 5.74) is 2.86. The molecular weight excluding hydrogens is 380 g/mol. The van der Waals surface area contributed by atoms with Crippen molar-refractivity contribution in [3.05, 3.63) is 76.2 Å². The molecule has 7 nitrogen and oxygen atoms in total. The second-order valence-corrected chi connectivity index (χ2v) is 8.57. The van der Waals surface area contributed by atoms with E-state index in [0.29, 0.717) is 43.5 Å². The van der Waals surface area contributed by atoms with Crippen LogP contribution in [0.2, 0.25) is 0 Å². The van der Waals surface area contributed by atoms with Gasteiger partial charge in [-0.2, -0.15) is 0 Å². The Kier molecular flexibility index (Phi) is 3.54. The summed E-state index contributed by atoms with van der Waals surface area (Å²) in [5, 5.41) is 0. The molecule has 1 fully saturated rings. The number of hydrogen-bond acceptors (Lipinski definition) is 4. The average molecular weight is 402 g/mol. The summed E-state index contributed by atoms with van der Waals surface area (Å²) in [7, 11) is 0. The van der Waals surface area contributed by atoms with E-state index in [1.54, 1.807) is 27.6 Å². The van der Waals surface area contributed by atoms with Gasteiger partial charge in [-0.1, -0.05) is 18.2 Å². The molecule has 1 aromatic carbocycles. The molecule has 0 spiro atoms. The van der Waals surface area contributed by atoms with Crippen molar-refractivity contribution in [2.45, 2.75) is 25.3 Å². The number of aromatic nitrogens is 3. The number of benzene rings is 1. The summed E-state index contributed by atoms with van der Waals surface area (Å²) in [6.45, 7) is 4.30. The fourth-order valence-electron chi connectivity index (χ4n) is 5.10. The second kappa shape index (κ2) is 6.08. The van der Waals surface area contributed by atoms with Gasteiger partial charge in [-0.3, -0.25) is 9.59 Å². The van der Waals surface area contributed by atoms with Crippen LogP contribution in [0.3, 0.4) is 0 Å². The number of carbonyl (C=O) groups is 1. The van der Waals surface area contributed by atoms with Gasteiger partial charge in [-0.05, 0) is 31.5 Å². The standard InChI is InChI=1S/C23H22N4O3/c1-15-11-26(14-24-15)18-6-7-19-21(28)25(8-9-27(19)22(18)29)13-23-10-16(23)12-30-20-5-3-2-4-17(20)23/h2-7,11,14,16H,8-10,12-13H2,1H3/t16-,23+/m1/s1. The zero-order chi connectivity index (χ0) is 20.5. The van der Waals surface area contributed by atoms with Crippen molar-refractivity contribution in [1.29, 1.82) is 0 Å². The normalized spacial score (nSPS) is 24.0. The Balaban J connectivity index is 1.32. The Morgan fingerprint density at radius 1 is 1.17 bits per heavy atom. The highest BCUT2D eigenvalue weighted by Gasteiger charge is 2.60. The van der Waals surface area contributed by atoms with Gasteiger partial charge < -0.3 is 18.8 Å². The van der Waals surface area contributed by atoms with Crippen LogP contribution in [0.15, 0.2) is 53.7 Å². The molecule has 30 heavy (non-hydrogen) atoms. The lowest BCUT2D eigenvalue weighted by Gasteiger charge is -2.35. The lowest BCUT2D eigenvalue weighted by atomic mass is 9.90. The third kappa shape index (κ3) is 2.41. The molecule has 2 atom stereocenters. The SMILES string of the molecule is Cc1cn(-c2ccc3n(c2=O)CCN(C[C@@]24C[C@@H]2COc2ccccc24)C3=O)cn1. The van der Waals surface area contributed by atoms with Crippen molar-refractivity contribution in [3.8, 4) is 11.4 Å². The van der Waals surface area contributed by atoms with Crippen LogP contribution >= 0.6 is 0 Å². The summed E-state index contributed by atoms with van der Waals surface area (Å²) in [6.07, 6.45) is 4.49. The zero-order valence-corrected chi connectivity index (χ0v) is 16.7. The summed E-state index contributed by atoms with van der Waals surface area (Å²) in [5.74, 6) is 1.32. The first kappa shape index (κ1) is 17.5. The highest BCUT2D eigenvalue weighted by molar-refractivity contribution is 5.93. The van der Waals surface area contributed by atoms with Crippen LogP contribution in [0.5, 0.6) is 5.75 Å². The van der Waals surface area contributed by atoms with Crippen LogP contribution < -0.4 is 10.3 Å². The first-order valence-electron chi connectivity index (χ1n) is 10.3. The maximum absolute atomic E-state index is 13.3. The van der Waals surface area contributed by atoms with E-state index in [0.717, 1.165) is 17.9 Å². The molecule has 3 aromatic rings. The number of imidazole rings is 1. The summed E-state index contributed by atoms with van der Waals surface area (Å²) in [4.78, 5) is 32.4. The van der Waals surface area contributed by atoms with E-state index in [4.69, 9.17) is 4.74 Å². The van der Waals surface area contributed by atoms with Gasteiger partial charge in [0, 0.05) is 42.7 Å². The minimum atomic E-state index is -0.156. The number of carbonyl (C=O) groups excluding carboxylic acids is 1. The van der Waals surface area contributed by atoms with Gasteiger partial charge in [0.2, 0.25) is 0 Å². The summed E-state index contributed by atoms with van der Waals surface area (Å²) >= 11 is 0. The molecule has 0 N–H and O–H groups in total. The minimum Gasteiger partial charge on any atom is -0.493 e. The third-order valence-electron chi connectivity index (χ3n) is 6.81. The van der Waals surface area contributed by atoms with Crippen molar-refractivity contribution >= 4 is 5.91 Å². The molecule has 0 unspecified atom stereocenters. The number of rotatable bonds is 3. The van der Waals surface area contributed by atoms with Gasteiger partial charge in [0.1, 0.15) is 17.1 Å². The molecule has 0 saturated heterocycles. The second-order valence-electron chi connectivity index (χ2n) is 8.57. The molecule has 1 amide bonds. The van der Waals surface area contributed by atoms with Crippen LogP contribution in [-0.2, 0) is 12.0 Å². The molecule has 1 saturated carbocycles. The van der Waals surface area contributed by atoms with E-state index in [9.17, 15) is 9.59 Å². The number of nitrogens with zero attached hydrogens (tertiary/aromatic N) is 4. The van der Waals surface area contributed by atoms with Gasteiger partial charge in [0.25, 0.3) is 11.5 Å². The molecule has 0 radical (unpaired) electrons. The molecule has 7 heteroatoms. The fraction of sp³-hybridized carbons (Fsp3) is 0.348. The number of aryl methyl sites for hydroxylation is 1. The van der Waals surface area contributed by atoms with E-state index < -0.39 is 0 Å². The largest absolute Gasteiger partial charge is 0.493 e. The topological polar surface area (TPSA) is 69.4 Å². The van der Waals surface area contributed by atoms with Gasteiger partial charge in [0.05, 0.1) is 18.6 Å². The molecule has 152 valence electrons. The van der Waals surface area contributed by atoms with Crippen LogP contribution in [0.4, 0.5) is 0 Å². The van der Waals surface area contributed by atoms with Crippen LogP contribution in [0.1, 0.15) is 28.2 Å². The molecule has 2 aromatic heterocycles. The maximum atomic E-state index is 13.3. The number of hydrogen-bond donors (Lipinski definition) is 0. The van der Waals surface area contributed by atoms with Gasteiger partial charge in [-0.25, -0.2) is 4.98 Å². The van der Waals surface area contributed by atoms with Crippen LogP contribution in [0.25, 0.3) is 5.69 Å². The smallest absolute Gasteiger partial charge is 0.275 e. The number of para-hydroxylation sites is 1. The molecule has 0 bridgehead atoms. The number of ether oxygens (including phenoxy) is 1.